The average Bonchev–Trinajstić information content (AvgIpc) is 2.88. The third-order valence-corrected chi connectivity index (χ3v) is 5.30. The Bertz CT molecular complexity index is 636. The van der Waals surface area contributed by atoms with Crippen LogP contribution in [0.4, 0.5) is 4.39 Å². The van der Waals surface area contributed by atoms with Crippen molar-refractivity contribution in [1.82, 2.24) is 9.29 Å². The number of ether oxygens (including phenoxy) is 1. The molecule has 7 nitrogen and oxygen atoms in total. The van der Waals surface area contributed by atoms with Crippen LogP contribution >= 0.6 is 0 Å². The number of aliphatic carboxylic acids is 1. The monoisotopic (exact) mass is 318 g/mol. The van der Waals surface area contributed by atoms with Gasteiger partial charge in [0.05, 0.1) is 31.4 Å². The number of aromatic nitrogens is 1. The Hall–Kier alpha value is -1.58. The molecule has 0 aliphatic carbocycles. The maximum atomic E-state index is 13.2. The number of carboxylic acid groups (broad SMARTS) is 1. The van der Waals surface area contributed by atoms with Crippen LogP contribution in [0.5, 0.6) is 0 Å². The summed E-state index contributed by atoms with van der Waals surface area (Å²) in [5, 5.41) is 9.13. The van der Waals surface area contributed by atoms with E-state index in [4.69, 9.17) is 9.84 Å². The van der Waals surface area contributed by atoms with Gasteiger partial charge in [-0.2, -0.15) is 4.31 Å². The first-order valence-corrected chi connectivity index (χ1v) is 7.75. The molecule has 0 aromatic carbocycles. The van der Waals surface area contributed by atoms with E-state index in [0.29, 0.717) is 0 Å². The summed E-state index contributed by atoms with van der Waals surface area (Å²) >= 11 is 0. The Labute approximate surface area is 121 Å². The average molecular weight is 318 g/mol. The van der Waals surface area contributed by atoms with Gasteiger partial charge < -0.3 is 9.84 Å². The highest BCUT2D eigenvalue weighted by Crippen LogP contribution is 2.26. The fraction of sp³-hybridized carbons (Fsp3) is 0.500. The van der Waals surface area contributed by atoms with E-state index >= 15 is 0 Å². The molecule has 2 heterocycles. The van der Waals surface area contributed by atoms with E-state index in [-0.39, 0.29) is 24.7 Å². The fourth-order valence-electron chi connectivity index (χ4n) is 2.31. The van der Waals surface area contributed by atoms with Crippen molar-refractivity contribution >= 4 is 16.0 Å². The lowest BCUT2D eigenvalue weighted by molar-refractivity contribution is -0.142. The largest absolute Gasteiger partial charge is 0.481 e. The Morgan fingerprint density at radius 3 is 2.81 bits per heavy atom. The van der Waals surface area contributed by atoms with Gasteiger partial charge in [0.25, 0.3) is 0 Å². The Morgan fingerprint density at radius 2 is 2.24 bits per heavy atom. The first-order chi connectivity index (χ1) is 9.87. The number of hydrogen-bond acceptors (Lipinski definition) is 5. The number of sulfonamides is 1. The van der Waals surface area contributed by atoms with Gasteiger partial charge >= 0.3 is 5.97 Å². The molecule has 0 radical (unpaired) electrons. The summed E-state index contributed by atoms with van der Waals surface area (Å²) in [6.07, 6.45) is 1.93. The van der Waals surface area contributed by atoms with Crippen molar-refractivity contribution in [3.05, 3.63) is 24.3 Å². The Morgan fingerprint density at radius 1 is 1.52 bits per heavy atom. The van der Waals surface area contributed by atoms with E-state index in [2.05, 4.69) is 4.98 Å². The van der Waals surface area contributed by atoms with Gasteiger partial charge in [0.15, 0.2) is 0 Å². The molecule has 1 N–H and O–H groups in total. The molecular formula is C12H15FN2O5S. The SMILES string of the molecule is CCN(C1COCC1C(=O)O)S(=O)(=O)c1cncc(F)c1. The molecule has 2 rings (SSSR count). The first-order valence-electron chi connectivity index (χ1n) is 6.31. The summed E-state index contributed by atoms with van der Waals surface area (Å²) in [6, 6.07) is 0.0390. The second-order valence-corrected chi connectivity index (χ2v) is 6.49. The molecule has 0 amide bonds. The van der Waals surface area contributed by atoms with Gasteiger partial charge in [-0.05, 0) is 6.07 Å². The number of carboxylic acids is 1. The number of rotatable bonds is 5. The van der Waals surface area contributed by atoms with E-state index in [9.17, 15) is 17.6 Å². The second-order valence-electron chi connectivity index (χ2n) is 4.60. The van der Waals surface area contributed by atoms with Crippen molar-refractivity contribution in [2.45, 2.75) is 17.9 Å². The first kappa shape index (κ1) is 15.8. The van der Waals surface area contributed by atoms with E-state index in [1.54, 1.807) is 6.92 Å². The van der Waals surface area contributed by atoms with E-state index in [1.165, 1.54) is 0 Å². The van der Waals surface area contributed by atoms with Crippen LogP contribution in [0.25, 0.3) is 0 Å². The van der Waals surface area contributed by atoms with Crippen molar-refractivity contribution in [1.29, 1.82) is 0 Å². The van der Waals surface area contributed by atoms with Gasteiger partial charge in [0, 0.05) is 12.7 Å². The van der Waals surface area contributed by atoms with Crippen LogP contribution < -0.4 is 0 Å². The van der Waals surface area contributed by atoms with Crippen LogP contribution in [-0.2, 0) is 19.6 Å². The molecule has 1 aromatic heterocycles. The highest BCUT2D eigenvalue weighted by Gasteiger charge is 2.42. The molecule has 116 valence electrons. The minimum atomic E-state index is -4.04. The predicted octanol–water partition coefficient (Wildman–Crippen LogP) is 0.331. The van der Waals surface area contributed by atoms with Crippen molar-refractivity contribution in [3.8, 4) is 0 Å². The van der Waals surface area contributed by atoms with Crippen LogP contribution in [-0.4, -0.2) is 54.6 Å². The second kappa shape index (κ2) is 6.04. The maximum Gasteiger partial charge on any atom is 0.310 e. The third-order valence-electron chi connectivity index (χ3n) is 3.34. The molecule has 1 saturated heterocycles. The van der Waals surface area contributed by atoms with Crippen LogP contribution in [0.1, 0.15) is 6.92 Å². The molecule has 1 fully saturated rings. The van der Waals surface area contributed by atoms with Gasteiger partial charge in [0.2, 0.25) is 10.0 Å². The molecule has 1 aromatic rings. The van der Waals surface area contributed by atoms with Gasteiger partial charge in [-0.25, -0.2) is 12.8 Å². The number of nitrogens with zero attached hydrogens (tertiary/aromatic N) is 2. The zero-order valence-corrected chi connectivity index (χ0v) is 12.1. The molecule has 1 aliphatic heterocycles. The minimum absolute atomic E-state index is 0.00716. The van der Waals surface area contributed by atoms with E-state index in [1.807, 2.05) is 0 Å². The number of pyridine rings is 1. The molecule has 9 heteroatoms. The van der Waals surface area contributed by atoms with Gasteiger partial charge in [-0.1, -0.05) is 6.92 Å². The summed E-state index contributed by atoms with van der Waals surface area (Å²) in [5.74, 6) is -2.84. The van der Waals surface area contributed by atoms with E-state index < -0.39 is 33.8 Å². The smallest absolute Gasteiger partial charge is 0.310 e. The maximum absolute atomic E-state index is 13.2. The molecule has 1 aliphatic rings. The summed E-state index contributed by atoms with van der Waals surface area (Å²) in [7, 11) is -4.04. The molecule has 2 unspecified atom stereocenters. The fourth-order valence-corrected chi connectivity index (χ4v) is 3.94. The Kier molecular flexibility index (Phi) is 4.55. The van der Waals surface area contributed by atoms with Crippen molar-refractivity contribution < 1.29 is 27.4 Å². The lowest BCUT2D eigenvalue weighted by Crippen LogP contribution is -2.46. The number of carbonyl (C=O) groups is 1. The molecule has 2 atom stereocenters. The van der Waals surface area contributed by atoms with E-state index in [0.717, 1.165) is 22.8 Å². The standard InChI is InChI=1S/C12H15FN2O5S/c1-2-15(11-7-20-6-10(11)12(16)17)21(18,19)9-3-8(13)4-14-5-9/h3-5,10-11H,2,6-7H2,1H3,(H,16,17). The van der Waals surface area contributed by atoms with Crippen LogP contribution in [0.15, 0.2) is 23.4 Å². The zero-order valence-electron chi connectivity index (χ0n) is 11.3. The summed E-state index contributed by atoms with van der Waals surface area (Å²) in [5.41, 5.74) is 0. The minimum Gasteiger partial charge on any atom is -0.481 e. The molecule has 21 heavy (non-hydrogen) atoms. The normalized spacial score (nSPS) is 22.6. The molecule has 0 bridgehead atoms. The molecule has 0 spiro atoms. The lowest BCUT2D eigenvalue weighted by atomic mass is 10.0. The third kappa shape index (κ3) is 3.04. The van der Waals surface area contributed by atoms with Gasteiger partial charge in [0.1, 0.15) is 10.7 Å². The summed E-state index contributed by atoms with van der Waals surface area (Å²) < 4.78 is 44.4. The molecule has 0 saturated carbocycles. The number of likely N-dealkylation sites (N-methyl/N-ethyl adjacent to an activating group) is 1. The van der Waals surface area contributed by atoms with Crippen LogP contribution in [0, 0.1) is 11.7 Å². The summed E-state index contributed by atoms with van der Waals surface area (Å²) in [6.45, 7) is 1.58. The quantitative estimate of drug-likeness (QED) is 0.840. The van der Waals surface area contributed by atoms with Gasteiger partial charge in [-0.15, -0.1) is 0 Å². The van der Waals surface area contributed by atoms with Crippen LogP contribution in [0.2, 0.25) is 0 Å². The number of halogens is 1. The lowest BCUT2D eigenvalue weighted by Gasteiger charge is -2.28. The topological polar surface area (TPSA) is 96.8 Å². The summed E-state index contributed by atoms with van der Waals surface area (Å²) in [4.78, 5) is 14.4. The number of hydrogen-bond donors (Lipinski definition) is 1. The molecular weight excluding hydrogens is 303 g/mol. The predicted molar refractivity (Wildman–Crippen MR) is 69.5 cm³/mol. The van der Waals surface area contributed by atoms with Gasteiger partial charge in [-0.3, -0.25) is 9.78 Å². The highest BCUT2D eigenvalue weighted by molar-refractivity contribution is 7.89. The highest BCUT2D eigenvalue weighted by atomic mass is 32.2. The van der Waals surface area contributed by atoms with Crippen LogP contribution in [0.3, 0.4) is 0 Å². The Balaban J connectivity index is 2.38. The zero-order chi connectivity index (χ0) is 15.6. The van der Waals surface area contributed by atoms with Crippen molar-refractivity contribution in [3.63, 3.8) is 0 Å². The van der Waals surface area contributed by atoms with Crippen molar-refractivity contribution in [2.75, 3.05) is 19.8 Å². The van der Waals surface area contributed by atoms with Crippen molar-refractivity contribution in [2.24, 2.45) is 5.92 Å².